The fraction of sp³-hybridized carbons (Fsp3) is 0.333. The topological polar surface area (TPSA) is 29.5 Å². The summed E-state index contributed by atoms with van der Waals surface area (Å²) < 4.78 is 5.55. The number of allylic oxidation sites excluding steroid dienone is 1. The van der Waals surface area contributed by atoms with Crippen LogP contribution >= 0.6 is 0 Å². The van der Waals surface area contributed by atoms with Crippen LogP contribution in [-0.4, -0.2) is 18.3 Å². The molecule has 0 spiro atoms. The van der Waals surface area contributed by atoms with Gasteiger partial charge in [-0.05, 0) is 12.5 Å². The van der Waals surface area contributed by atoms with Gasteiger partial charge in [-0.2, -0.15) is 0 Å². The molecule has 0 amide bonds. The van der Waals surface area contributed by atoms with Crippen LogP contribution in [0.1, 0.15) is 12.0 Å². The summed E-state index contributed by atoms with van der Waals surface area (Å²) in [5, 5.41) is 9.47. The van der Waals surface area contributed by atoms with Gasteiger partial charge in [-0.3, -0.25) is 0 Å². The summed E-state index contributed by atoms with van der Waals surface area (Å²) in [6, 6.07) is 7.87. The van der Waals surface area contributed by atoms with Crippen molar-refractivity contribution in [3.63, 3.8) is 0 Å². The number of ether oxygens (including phenoxy) is 1. The van der Waals surface area contributed by atoms with E-state index in [9.17, 15) is 5.11 Å². The Hall–Kier alpha value is -1.28. The zero-order valence-electron chi connectivity index (χ0n) is 8.07. The van der Waals surface area contributed by atoms with Gasteiger partial charge in [0.15, 0.2) is 0 Å². The molecule has 1 atom stereocenters. The zero-order chi connectivity index (χ0) is 10.0. The van der Waals surface area contributed by atoms with Gasteiger partial charge in [0.25, 0.3) is 0 Å². The number of fused-ring (bicyclic) bond motifs is 1. The minimum atomic E-state index is -0.266. The van der Waals surface area contributed by atoms with Gasteiger partial charge in [0.1, 0.15) is 12.4 Å². The Morgan fingerprint density at radius 3 is 3.00 bits per heavy atom. The van der Waals surface area contributed by atoms with Crippen LogP contribution in [0, 0.1) is 0 Å². The van der Waals surface area contributed by atoms with Gasteiger partial charge in [0.05, 0.1) is 12.0 Å². The van der Waals surface area contributed by atoms with E-state index in [1.807, 2.05) is 30.3 Å². The molecule has 14 heavy (non-hydrogen) atoms. The Labute approximate surface area is 83.8 Å². The second-order valence-electron chi connectivity index (χ2n) is 3.72. The van der Waals surface area contributed by atoms with E-state index in [1.54, 1.807) is 0 Å². The van der Waals surface area contributed by atoms with Crippen LogP contribution in [0.4, 0.5) is 0 Å². The lowest BCUT2D eigenvalue weighted by atomic mass is 9.80. The molecule has 0 saturated carbocycles. The van der Waals surface area contributed by atoms with Crippen molar-refractivity contribution in [3.8, 4) is 5.75 Å². The summed E-state index contributed by atoms with van der Waals surface area (Å²) >= 11 is 0. The number of hydrogen-bond acceptors (Lipinski definition) is 2. The van der Waals surface area contributed by atoms with Gasteiger partial charge in [-0.15, -0.1) is 6.58 Å². The highest BCUT2D eigenvalue weighted by Crippen LogP contribution is 2.40. The van der Waals surface area contributed by atoms with E-state index in [4.69, 9.17) is 4.74 Å². The molecule has 74 valence electrons. The van der Waals surface area contributed by atoms with Crippen LogP contribution in [0.15, 0.2) is 36.9 Å². The van der Waals surface area contributed by atoms with Gasteiger partial charge in [0, 0.05) is 5.56 Å². The first-order chi connectivity index (χ1) is 6.82. The van der Waals surface area contributed by atoms with Crippen LogP contribution in [0.25, 0.3) is 0 Å². The van der Waals surface area contributed by atoms with E-state index in [2.05, 4.69) is 6.58 Å². The molecule has 1 N–H and O–H groups in total. The van der Waals surface area contributed by atoms with Crippen molar-refractivity contribution in [2.45, 2.75) is 11.8 Å². The Morgan fingerprint density at radius 2 is 2.29 bits per heavy atom. The van der Waals surface area contributed by atoms with Crippen LogP contribution in [0.2, 0.25) is 0 Å². The number of rotatable bonds is 3. The summed E-state index contributed by atoms with van der Waals surface area (Å²) in [4.78, 5) is 0. The minimum Gasteiger partial charge on any atom is -0.492 e. The first-order valence-electron chi connectivity index (χ1n) is 4.76. The van der Waals surface area contributed by atoms with Gasteiger partial charge >= 0.3 is 0 Å². The third kappa shape index (κ3) is 1.23. The van der Waals surface area contributed by atoms with Crippen molar-refractivity contribution in [1.29, 1.82) is 0 Å². The molecule has 2 heteroatoms. The molecule has 0 aromatic heterocycles. The molecule has 2 nitrogen and oxygen atoms in total. The number of para-hydroxylation sites is 1. The van der Waals surface area contributed by atoms with Crippen molar-refractivity contribution in [1.82, 2.24) is 0 Å². The molecule has 1 aromatic rings. The third-order valence-corrected chi connectivity index (χ3v) is 2.80. The highest BCUT2D eigenvalue weighted by atomic mass is 16.5. The van der Waals surface area contributed by atoms with Gasteiger partial charge in [-0.25, -0.2) is 0 Å². The molecule has 0 aliphatic carbocycles. The summed E-state index contributed by atoms with van der Waals surface area (Å²) in [5.74, 6) is 0.892. The fourth-order valence-electron chi connectivity index (χ4n) is 1.96. The van der Waals surface area contributed by atoms with Crippen molar-refractivity contribution in [2.24, 2.45) is 0 Å². The van der Waals surface area contributed by atoms with E-state index in [-0.39, 0.29) is 12.0 Å². The third-order valence-electron chi connectivity index (χ3n) is 2.80. The Kier molecular flexibility index (Phi) is 2.30. The SMILES string of the molecule is C=CC[C@]1(CO)COc2ccccc21. The highest BCUT2D eigenvalue weighted by Gasteiger charge is 2.38. The highest BCUT2D eigenvalue weighted by molar-refractivity contribution is 5.44. The van der Waals surface area contributed by atoms with E-state index in [1.165, 1.54) is 0 Å². The predicted molar refractivity (Wildman–Crippen MR) is 55.5 cm³/mol. The minimum absolute atomic E-state index is 0.107. The first-order valence-corrected chi connectivity index (χ1v) is 4.76. The maximum Gasteiger partial charge on any atom is 0.123 e. The van der Waals surface area contributed by atoms with Crippen molar-refractivity contribution < 1.29 is 9.84 Å². The average molecular weight is 190 g/mol. The van der Waals surface area contributed by atoms with E-state index >= 15 is 0 Å². The van der Waals surface area contributed by atoms with Gasteiger partial charge in [0.2, 0.25) is 0 Å². The molecule has 0 saturated heterocycles. The second kappa shape index (κ2) is 3.46. The number of benzene rings is 1. The normalized spacial score (nSPS) is 24.1. The summed E-state index contributed by atoms with van der Waals surface area (Å²) in [6.07, 6.45) is 2.59. The lowest BCUT2D eigenvalue weighted by Crippen LogP contribution is -2.31. The summed E-state index contributed by atoms with van der Waals surface area (Å²) in [5.41, 5.74) is 0.834. The van der Waals surface area contributed by atoms with Crippen LogP contribution in [0.3, 0.4) is 0 Å². The summed E-state index contributed by atoms with van der Waals surface area (Å²) in [7, 11) is 0. The van der Waals surface area contributed by atoms with Crippen LogP contribution in [-0.2, 0) is 5.41 Å². The van der Waals surface area contributed by atoms with Gasteiger partial charge < -0.3 is 9.84 Å². The molecule has 1 aromatic carbocycles. The van der Waals surface area contributed by atoms with Crippen LogP contribution < -0.4 is 4.74 Å². The monoisotopic (exact) mass is 190 g/mol. The molecular formula is C12H14O2. The first kappa shape index (κ1) is 9.28. The van der Waals surface area contributed by atoms with Crippen molar-refractivity contribution in [2.75, 3.05) is 13.2 Å². The largest absolute Gasteiger partial charge is 0.492 e. The smallest absolute Gasteiger partial charge is 0.123 e. The Morgan fingerprint density at radius 1 is 1.50 bits per heavy atom. The second-order valence-corrected chi connectivity index (χ2v) is 3.72. The molecule has 0 radical (unpaired) electrons. The van der Waals surface area contributed by atoms with Gasteiger partial charge in [-0.1, -0.05) is 24.3 Å². The molecule has 1 aliphatic heterocycles. The standard InChI is InChI=1S/C12H14O2/c1-2-7-12(8-13)9-14-11-6-4-3-5-10(11)12/h2-6,13H,1,7-9H2/t12-/m0/s1. The Bertz CT molecular complexity index is 346. The Balaban J connectivity index is 2.44. The zero-order valence-corrected chi connectivity index (χ0v) is 8.07. The van der Waals surface area contributed by atoms with Crippen molar-refractivity contribution in [3.05, 3.63) is 42.5 Å². The maximum atomic E-state index is 9.47. The lowest BCUT2D eigenvalue weighted by Gasteiger charge is -2.23. The number of aliphatic hydroxyl groups is 1. The van der Waals surface area contributed by atoms with E-state index in [0.717, 1.165) is 17.7 Å². The average Bonchev–Trinajstić information content (AvgIpc) is 2.59. The van der Waals surface area contributed by atoms with E-state index < -0.39 is 0 Å². The predicted octanol–water partition coefficient (Wildman–Crippen LogP) is 1.89. The molecule has 1 aliphatic rings. The molecule has 0 unspecified atom stereocenters. The lowest BCUT2D eigenvalue weighted by molar-refractivity contribution is 0.160. The molecular weight excluding hydrogens is 176 g/mol. The fourth-order valence-corrected chi connectivity index (χ4v) is 1.96. The molecule has 0 fully saturated rings. The molecule has 0 bridgehead atoms. The maximum absolute atomic E-state index is 9.47. The number of hydrogen-bond donors (Lipinski definition) is 1. The quantitative estimate of drug-likeness (QED) is 0.737. The summed E-state index contributed by atoms with van der Waals surface area (Å²) in [6.45, 7) is 4.38. The van der Waals surface area contributed by atoms with Crippen LogP contribution in [0.5, 0.6) is 5.75 Å². The van der Waals surface area contributed by atoms with Crippen molar-refractivity contribution >= 4 is 0 Å². The molecule has 1 heterocycles. The molecule has 2 rings (SSSR count). The van der Waals surface area contributed by atoms with E-state index in [0.29, 0.717) is 6.61 Å². The number of aliphatic hydroxyl groups excluding tert-OH is 1.